The minimum Gasteiger partial charge on any atom is -0.374 e. The van der Waals surface area contributed by atoms with Gasteiger partial charge in [-0.05, 0) is 36.1 Å². The van der Waals surface area contributed by atoms with E-state index in [2.05, 4.69) is 120 Å². The Kier molecular flexibility index (Phi) is 7.30. The molecule has 0 saturated heterocycles. The van der Waals surface area contributed by atoms with Crippen LogP contribution in [0.5, 0.6) is 0 Å². The second-order valence-corrected chi connectivity index (χ2v) is 9.67. The number of para-hydroxylation sites is 1. The molecule has 0 aliphatic carbocycles. The van der Waals surface area contributed by atoms with Gasteiger partial charge in [-0.25, -0.2) is 9.97 Å². The lowest BCUT2D eigenvalue weighted by Gasteiger charge is -2.37. The molecule has 2 heterocycles. The van der Waals surface area contributed by atoms with Gasteiger partial charge in [-0.1, -0.05) is 116 Å². The number of imidazole rings is 1. The lowest BCUT2D eigenvalue weighted by Crippen LogP contribution is -2.38. The molecule has 198 valence electrons. The summed E-state index contributed by atoms with van der Waals surface area (Å²) in [6.45, 7) is 7.09. The van der Waals surface area contributed by atoms with Gasteiger partial charge < -0.3 is 14.6 Å². The molecule has 2 radical (unpaired) electrons. The van der Waals surface area contributed by atoms with Gasteiger partial charge in [-0.2, -0.15) is 0 Å². The van der Waals surface area contributed by atoms with Crippen molar-refractivity contribution in [1.29, 1.82) is 0 Å². The molecule has 40 heavy (non-hydrogen) atoms. The Morgan fingerprint density at radius 1 is 0.750 bits per heavy atom. The summed E-state index contributed by atoms with van der Waals surface area (Å²) in [7, 11) is 0. The molecule has 0 spiro atoms. The summed E-state index contributed by atoms with van der Waals surface area (Å²) in [4.78, 5) is 10.4. The van der Waals surface area contributed by atoms with Crippen molar-refractivity contribution in [2.75, 3.05) is 11.9 Å². The Hall–Kier alpha value is -4.48. The van der Waals surface area contributed by atoms with E-state index in [0.717, 1.165) is 44.5 Å². The van der Waals surface area contributed by atoms with Crippen molar-refractivity contribution < 1.29 is 4.74 Å². The van der Waals surface area contributed by atoms with Crippen LogP contribution in [0.25, 0.3) is 21.9 Å². The summed E-state index contributed by atoms with van der Waals surface area (Å²) < 4.78 is 7.97. The smallest absolute Gasteiger partial charge is 0.156 e. The average Bonchev–Trinajstić information content (AvgIpc) is 3.39. The Morgan fingerprint density at radius 3 is 1.85 bits per heavy atom. The molecular weight excluding hydrogens is 492 g/mol. The van der Waals surface area contributed by atoms with Gasteiger partial charge >= 0.3 is 0 Å². The van der Waals surface area contributed by atoms with E-state index >= 15 is 0 Å². The fraction of sp³-hybridized carbons (Fsp3) is 0.143. The number of hydrogen-bond acceptors (Lipinski definition) is 4. The maximum atomic E-state index is 5.84. The predicted molar refractivity (Wildman–Crippen MR) is 163 cm³/mol. The predicted octanol–water partition coefficient (Wildman–Crippen LogP) is 7.76. The van der Waals surface area contributed by atoms with Gasteiger partial charge in [0.1, 0.15) is 23.5 Å². The van der Waals surface area contributed by atoms with Crippen LogP contribution in [0, 0.1) is 13.0 Å². The molecule has 0 atom stereocenters. The van der Waals surface area contributed by atoms with Crippen molar-refractivity contribution in [3.8, 4) is 0 Å². The molecule has 0 bridgehead atoms. The molecular formula is C35H32N4O. The Balaban J connectivity index is 1.68. The molecule has 6 aromatic rings. The molecule has 0 amide bonds. The van der Waals surface area contributed by atoms with Crippen molar-refractivity contribution in [2.45, 2.75) is 26.0 Å². The molecule has 5 heteroatoms. The molecule has 1 N–H and O–H groups in total. The number of hydrogen-bond donors (Lipinski definition) is 1. The van der Waals surface area contributed by atoms with E-state index in [9.17, 15) is 0 Å². The number of aromatic nitrogens is 3. The number of rotatable bonds is 10. The minimum absolute atomic E-state index is 0.407. The summed E-state index contributed by atoms with van der Waals surface area (Å²) in [6.07, 6.45) is 2.03. The van der Waals surface area contributed by atoms with E-state index < -0.39 is 5.54 Å². The second-order valence-electron chi connectivity index (χ2n) is 9.67. The average molecular weight is 525 g/mol. The fourth-order valence-electron chi connectivity index (χ4n) is 5.50. The minimum atomic E-state index is -0.726. The molecule has 5 nitrogen and oxygen atoms in total. The molecule has 0 fully saturated rings. The first kappa shape index (κ1) is 25.8. The molecule has 0 saturated carbocycles. The lowest BCUT2D eigenvalue weighted by molar-refractivity contribution is 0.127. The van der Waals surface area contributed by atoms with Crippen molar-refractivity contribution in [1.82, 2.24) is 14.5 Å². The summed E-state index contributed by atoms with van der Waals surface area (Å²) in [5, 5.41) is 5.01. The SMILES string of the molecule is C[CH][CH]n1c(COCC)nc2c(NC(c3ccccc3)(c3ccccc3)c3ccccc3)nc3ccccc3c21. The van der Waals surface area contributed by atoms with Gasteiger partial charge in [-0.3, -0.25) is 0 Å². The molecule has 6 rings (SSSR count). The largest absolute Gasteiger partial charge is 0.374 e. The van der Waals surface area contributed by atoms with Crippen LogP contribution in [0.15, 0.2) is 115 Å². The van der Waals surface area contributed by atoms with Crippen LogP contribution in [-0.2, 0) is 16.9 Å². The van der Waals surface area contributed by atoms with Gasteiger partial charge in [0.05, 0.1) is 17.6 Å². The maximum Gasteiger partial charge on any atom is 0.156 e. The molecule has 2 aromatic heterocycles. The van der Waals surface area contributed by atoms with E-state index in [1.165, 1.54) is 0 Å². The van der Waals surface area contributed by atoms with E-state index in [1.54, 1.807) is 0 Å². The summed E-state index contributed by atoms with van der Waals surface area (Å²) >= 11 is 0. The standard InChI is InChI=1S/C35H32N4O/c1-3-24-39-31(25-40-4-2)37-32-33(39)29-22-14-15-23-30(29)36-34(32)38-35(26-16-8-5-9-17-26,27-18-10-6-11-19-27)28-20-12-7-13-21-28/h3,5-24H,4,25H2,1-2H3,(H,36,38). The Morgan fingerprint density at radius 2 is 1.30 bits per heavy atom. The van der Waals surface area contributed by atoms with Crippen LogP contribution in [0.2, 0.25) is 0 Å². The summed E-state index contributed by atoms with van der Waals surface area (Å²) in [5.74, 6) is 1.55. The van der Waals surface area contributed by atoms with Crippen molar-refractivity contribution in [2.24, 2.45) is 0 Å². The van der Waals surface area contributed by atoms with E-state index in [1.807, 2.05) is 32.4 Å². The highest BCUT2D eigenvalue weighted by Crippen LogP contribution is 2.42. The van der Waals surface area contributed by atoms with Crippen molar-refractivity contribution >= 4 is 27.8 Å². The summed E-state index contributed by atoms with van der Waals surface area (Å²) in [5.41, 5.74) is 5.31. The third-order valence-corrected chi connectivity index (χ3v) is 7.26. The zero-order chi connectivity index (χ0) is 27.4. The summed E-state index contributed by atoms with van der Waals surface area (Å²) in [6, 6.07) is 39.9. The van der Waals surface area contributed by atoms with Crippen LogP contribution in [0.1, 0.15) is 36.4 Å². The zero-order valence-corrected chi connectivity index (χ0v) is 22.8. The number of fused-ring (bicyclic) bond motifs is 3. The maximum absolute atomic E-state index is 5.84. The van der Waals surface area contributed by atoms with Crippen LogP contribution < -0.4 is 5.32 Å². The number of nitrogens with zero attached hydrogens (tertiary/aromatic N) is 3. The van der Waals surface area contributed by atoms with Gasteiger partial charge in [0.25, 0.3) is 0 Å². The monoisotopic (exact) mass is 524 g/mol. The van der Waals surface area contributed by atoms with E-state index in [4.69, 9.17) is 14.7 Å². The van der Waals surface area contributed by atoms with Gasteiger partial charge in [0, 0.05) is 12.0 Å². The highest BCUT2D eigenvalue weighted by atomic mass is 16.5. The van der Waals surface area contributed by atoms with Crippen LogP contribution in [0.4, 0.5) is 5.82 Å². The van der Waals surface area contributed by atoms with Gasteiger partial charge in [-0.15, -0.1) is 0 Å². The lowest BCUT2D eigenvalue weighted by atomic mass is 9.77. The normalized spacial score (nSPS) is 11.8. The van der Waals surface area contributed by atoms with Crippen molar-refractivity contribution in [3.05, 3.63) is 151 Å². The van der Waals surface area contributed by atoms with Crippen LogP contribution >= 0.6 is 0 Å². The number of nitrogens with one attached hydrogen (secondary N) is 1. The van der Waals surface area contributed by atoms with Crippen LogP contribution in [-0.4, -0.2) is 21.1 Å². The molecule has 0 unspecified atom stereocenters. The number of ether oxygens (including phenoxy) is 1. The van der Waals surface area contributed by atoms with Gasteiger partial charge in [0.2, 0.25) is 0 Å². The van der Waals surface area contributed by atoms with Gasteiger partial charge in [0.15, 0.2) is 5.82 Å². The topological polar surface area (TPSA) is 52.0 Å². The third-order valence-electron chi connectivity index (χ3n) is 7.26. The highest BCUT2D eigenvalue weighted by molar-refractivity contribution is 6.07. The van der Waals surface area contributed by atoms with Crippen LogP contribution in [0.3, 0.4) is 0 Å². The first-order valence-electron chi connectivity index (χ1n) is 13.7. The van der Waals surface area contributed by atoms with E-state index in [0.29, 0.717) is 19.0 Å². The van der Waals surface area contributed by atoms with E-state index in [-0.39, 0.29) is 0 Å². The molecule has 4 aromatic carbocycles. The molecule has 0 aliphatic heterocycles. The third kappa shape index (κ3) is 4.52. The Labute approximate surface area is 235 Å². The first-order valence-corrected chi connectivity index (χ1v) is 13.7. The number of benzene rings is 4. The zero-order valence-electron chi connectivity index (χ0n) is 22.8. The highest BCUT2D eigenvalue weighted by Gasteiger charge is 2.37. The fourth-order valence-corrected chi connectivity index (χ4v) is 5.50. The number of anilines is 1. The second kappa shape index (κ2) is 11.3. The molecule has 0 aliphatic rings. The Bertz CT molecular complexity index is 1620. The van der Waals surface area contributed by atoms with Crippen molar-refractivity contribution in [3.63, 3.8) is 0 Å². The quantitative estimate of drug-likeness (QED) is 0.186. The number of pyridine rings is 1. The first-order chi connectivity index (χ1) is 19.8.